The predicted molar refractivity (Wildman–Crippen MR) is 118 cm³/mol. The molecule has 25 heavy (non-hydrogen) atoms. The van der Waals surface area contributed by atoms with E-state index < -0.39 is 0 Å². The van der Waals surface area contributed by atoms with Gasteiger partial charge in [-0.1, -0.05) is 29.8 Å². The molecule has 1 saturated heterocycles. The Morgan fingerprint density at radius 2 is 1.96 bits per heavy atom. The minimum absolute atomic E-state index is 0. The number of hydrogen-bond acceptors (Lipinski definition) is 3. The normalized spacial score (nSPS) is 16.8. The number of nitrogens with one attached hydrogen (secondary N) is 2. The minimum Gasteiger partial charge on any atom is -0.357 e. The van der Waals surface area contributed by atoms with Crippen molar-refractivity contribution in [3.8, 4) is 0 Å². The number of likely N-dealkylation sites (N-methyl/N-ethyl adjacent to an activating group) is 1. The molecule has 2 N–H and O–H groups in total. The lowest BCUT2D eigenvalue weighted by atomic mass is 10.2. The molecule has 0 aromatic heterocycles. The number of benzene rings is 1. The van der Waals surface area contributed by atoms with Gasteiger partial charge in [0.1, 0.15) is 0 Å². The lowest BCUT2D eigenvalue weighted by molar-refractivity contribution is 0.280. The molecule has 142 valence electrons. The number of hydrogen-bond donors (Lipinski definition) is 2. The number of nitrogens with zero attached hydrogens (tertiary/aromatic N) is 3. The zero-order valence-corrected chi connectivity index (χ0v) is 18.4. The summed E-state index contributed by atoms with van der Waals surface area (Å²) in [5, 5.41) is 7.50. The molecular formula is C18H31ClIN5. The molecular weight excluding hydrogens is 449 g/mol. The van der Waals surface area contributed by atoms with Crippen molar-refractivity contribution >= 4 is 41.5 Å². The summed E-state index contributed by atoms with van der Waals surface area (Å²) in [5.41, 5.74) is 1.05. The summed E-state index contributed by atoms with van der Waals surface area (Å²) in [6.45, 7) is 10.1. The average molecular weight is 480 g/mol. The van der Waals surface area contributed by atoms with Crippen molar-refractivity contribution in [2.45, 2.75) is 19.9 Å². The second-order valence-electron chi connectivity index (χ2n) is 6.21. The van der Waals surface area contributed by atoms with E-state index in [4.69, 9.17) is 11.6 Å². The van der Waals surface area contributed by atoms with Crippen LogP contribution in [0.1, 0.15) is 18.9 Å². The van der Waals surface area contributed by atoms with E-state index in [-0.39, 0.29) is 24.0 Å². The van der Waals surface area contributed by atoms with Crippen LogP contribution in [0.15, 0.2) is 29.3 Å². The summed E-state index contributed by atoms with van der Waals surface area (Å²) in [6.07, 6.45) is 1.25. The van der Waals surface area contributed by atoms with Crippen LogP contribution in [-0.4, -0.2) is 68.6 Å². The van der Waals surface area contributed by atoms with Gasteiger partial charge in [-0.25, -0.2) is 4.99 Å². The molecule has 0 amide bonds. The van der Waals surface area contributed by atoms with Gasteiger partial charge in [0, 0.05) is 37.7 Å². The maximum absolute atomic E-state index is 6.20. The smallest absolute Gasteiger partial charge is 0.191 e. The van der Waals surface area contributed by atoms with Crippen molar-refractivity contribution in [2.75, 3.05) is 52.9 Å². The van der Waals surface area contributed by atoms with E-state index in [0.717, 1.165) is 49.3 Å². The number of rotatable bonds is 6. The molecule has 1 fully saturated rings. The van der Waals surface area contributed by atoms with Crippen molar-refractivity contribution in [1.82, 2.24) is 20.4 Å². The van der Waals surface area contributed by atoms with Gasteiger partial charge in [-0.3, -0.25) is 0 Å². The number of aliphatic imine (C=N–C) groups is 1. The molecule has 1 aromatic carbocycles. The first-order valence-electron chi connectivity index (χ1n) is 8.85. The Hall–Kier alpha value is -0.570. The first-order chi connectivity index (χ1) is 11.7. The lowest BCUT2D eigenvalue weighted by Crippen LogP contribution is -2.42. The summed E-state index contributed by atoms with van der Waals surface area (Å²) >= 11 is 6.20. The second-order valence-corrected chi connectivity index (χ2v) is 6.62. The fourth-order valence-electron chi connectivity index (χ4n) is 2.79. The maximum Gasteiger partial charge on any atom is 0.191 e. The molecule has 0 radical (unpaired) electrons. The zero-order chi connectivity index (χ0) is 17.2. The van der Waals surface area contributed by atoms with Crippen LogP contribution in [0.2, 0.25) is 5.02 Å². The van der Waals surface area contributed by atoms with E-state index in [9.17, 15) is 0 Å². The third-order valence-corrected chi connectivity index (χ3v) is 4.61. The molecule has 1 aliphatic heterocycles. The SMILES string of the molecule is CCNC(=NCc1ccccc1Cl)NCCN1CCCN(C)CC1.I. The van der Waals surface area contributed by atoms with Gasteiger partial charge >= 0.3 is 0 Å². The molecule has 1 aromatic rings. The van der Waals surface area contributed by atoms with E-state index in [0.29, 0.717) is 6.54 Å². The van der Waals surface area contributed by atoms with E-state index >= 15 is 0 Å². The standard InChI is InChI=1S/C18H30ClN5.HI/c1-3-20-18(22-15-16-7-4-5-8-17(16)19)21-9-12-24-11-6-10-23(2)13-14-24;/h4-5,7-8H,3,6,9-15H2,1-2H3,(H2,20,21,22);1H. The van der Waals surface area contributed by atoms with Crippen molar-refractivity contribution < 1.29 is 0 Å². The van der Waals surface area contributed by atoms with Gasteiger partial charge in [0.15, 0.2) is 5.96 Å². The highest BCUT2D eigenvalue weighted by atomic mass is 127. The fraction of sp³-hybridized carbons (Fsp3) is 0.611. The molecule has 5 nitrogen and oxygen atoms in total. The molecule has 2 rings (SSSR count). The highest BCUT2D eigenvalue weighted by Gasteiger charge is 2.11. The van der Waals surface area contributed by atoms with Gasteiger partial charge in [-0.05, 0) is 45.1 Å². The minimum atomic E-state index is 0. The molecule has 0 aliphatic carbocycles. The predicted octanol–water partition coefficient (Wildman–Crippen LogP) is 2.65. The first kappa shape index (κ1) is 22.5. The molecule has 1 aliphatic rings. The summed E-state index contributed by atoms with van der Waals surface area (Å²) in [5.74, 6) is 0.851. The Morgan fingerprint density at radius 1 is 1.16 bits per heavy atom. The monoisotopic (exact) mass is 479 g/mol. The van der Waals surface area contributed by atoms with Crippen LogP contribution in [0.4, 0.5) is 0 Å². The zero-order valence-electron chi connectivity index (χ0n) is 15.3. The molecule has 1 heterocycles. The summed E-state index contributed by atoms with van der Waals surface area (Å²) in [4.78, 5) is 9.57. The van der Waals surface area contributed by atoms with Crippen LogP contribution in [0.3, 0.4) is 0 Å². The summed E-state index contributed by atoms with van der Waals surface area (Å²) < 4.78 is 0. The van der Waals surface area contributed by atoms with Crippen molar-refractivity contribution in [1.29, 1.82) is 0 Å². The highest BCUT2D eigenvalue weighted by Crippen LogP contribution is 2.15. The van der Waals surface area contributed by atoms with Crippen molar-refractivity contribution in [3.63, 3.8) is 0 Å². The first-order valence-corrected chi connectivity index (χ1v) is 9.23. The van der Waals surface area contributed by atoms with Crippen LogP contribution in [-0.2, 0) is 6.54 Å². The van der Waals surface area contributed by atoms with Gasteiger partial charge < -0.3 is 20.4 Å². The Balaban J connectivity index is 0.00000312. The van der Waals surface area contributed by atoms with E-state index in [1.54, 1.807) is 0 Å². The molecule has 0 atom stereocenters. The van der Waals surface area contributed by atoms with Crippen LogP contribution in [0.25, 0.3) is 0 Å². The topological polar surface area (TPSA) is 42.9 Å². The van der Waals surface area contributed by atoms with Crippen LogP contribution in [0, 0.1) is 0 Å². The Labute approximate surface area is 174 Å². The second kappa shape index (κ2) is 12.7. The summed E-state index contributed by atoms with van der Waals surface area (Å²) in [7, 11) is 2.20. The molecule has 0 spiro atoms. The van der Waals surface area contributed by atoms with E-state index in [1.165, 1.54) is 19.5 Å². The van der Waals surface area contributed by atoms with Crippen LogP contribution in [0.5, 0.6) is 0 Å². The third-order valence-electron chi connectivity index (χ3n) is 4.24. The third kappa shape index (κ3) is 8.57. The van der Waals surface area contributed by atoms with E-state index in [1.807, 2.05) is 24.3 Å². The molecule has 0 unspecified atom stereocenters. The van der Waals surface area contributed by atoms with Gasteiger partial charge in [0.05, 0.1) is 6.54 Å². The molecule has 0 saturated carbocycles. The Bertz CT molecular complexity index is 526. The highest BCUT2D eigenvalue weighted by molar-refractivity contribution is 14.0. The largest absolute Gasteiger partial charge is 0.357 e. The van der Waals surface area contributed by atoms with Gasteiger partial charge in [0.25, 0.3) is 0 Å². The van der Waals surface area contributed by atoms with Gasteiger partial charge in [-0.15, -0.1) is 24.0 Å². The molecule has 7 heteroatoms. The lowest BCUT2D eigenvalue weighted by Gasteiger charge is -2.21. The number of halogens is 2. The fourth-order valence-corrected chi connectivity index (χ4v) is 2.98. The summed E-state index contributed by atoms with van der Waals surface area (Å²) in [6, 6.07) is 7.86. The Kier molecular flexibility index (Phi) is 11.4. The number of guanidine groups is 1. The van der Waals surface area contributed by atoms with Gasteiger partial charge in [-0.2, -0.15) is 0 Å². The van der Waals surface area contributed by atoms with Gasteiger partial charge in [0.2, 0.25) is 0 Å². The van der Waals surface area contributed by atoms with Crippen LogP contribution >= 0.6 is 35.6 Å². The quantitative estimate of drug-likeness (QED) is 0.374. The van der Waals surface area contributed by atoms with Crippen molar-refractivity contribution in [2.24, 2.45) is 4.99 Å². The van der Waals surface area contributed by atoms with Crippen molar-refractivity contribution in [3.05, 3.63) is 34.9 Å². The van der Waals surface area contributed by atoms with Crippen LogP contribution < -0.4 is 10.6 Å². The maximum atomic E-state index is 6.20. The van der Waals surface area contributed by atoms with E-state index in [2.05, 4.69) is 39.4 Å². The molecule has 0 bridgehead atoms. The average Bonchev–Trinajstić information content (AvgIpc) is 2.78. The Morgan fingerprint density at radius 3 is 2.72 bits per heavy atom.